The first-order valence-electron chi connectivity index (χ1n) is 9.20. The molecule has 1 fully saturated rings. The first kappa shape index (κ1) is 17.9. The summed E-state index contributed by atoms with van der Waals surface area (Å²) in [5.41, 5.74) is 4.39. The van der Waals surface area contributed by atoms with Crippen molar-refractivity contribution >= 4 is 34.2 Å². The van der Waals surface area contributed by atoms with Crippen molar-refractivity contribution < 1.29 is 0 Å². The Morgan fingerprint density at radius 1 is 1.00 bits per heavy atom. The van der Waals surface area contributed by atoms with Crippen molar-refractivity contribution in [2.24, 2.45) is 0 Å². The van der Waals surface area contributed by atoms with Crippen LogP contribution in [0.15, 0.2) is 72.3 Å². The maximum atomic E-state index is 4.51. The average Bonchev–Trinajstić information content (AvgIpc) is 2.72. The predicted molar refractivity (Wildman–Crippen MR) is 116 cm³/mol. The maximum Gasteiger partial charge on any atom is 0.0855 e. The molecule has 0 bridgehead atoms. The summed E-state index contributed by atoms with van der Waals surface area (Å²) >= 11 is 1.59. The number of rotatable bonds is 5. The van der Waals surface area contributed by atoms with E-state index in [0.29, 0.717) is 0 Å². The molecule has 3 aromatic rings. The summed E-state index contributed by atoms with van der Waals surface area (Å²) in [5.74, 6) is 0. The number of aromatic nitrogens is 1. The fourth-order valence-electron chi connectivity index (χ4n) is 3.26. The molecule has 0 unspecified atom stereocenters. The lowest BCUT2D eigenvalue weighted by Gasteiger charge is -2.35. The van der Waals surface area contributed by atoms with Gasteiger partial charge in [0.25, 0.3) is 0 Å². The van der Waals surface area contributed by atoms with Gasteiger partial charge in [-0.3, -0.25) is 4.98 Å². The van der Waals surface area contributed by atoms with Crippen LogP contribution in [0.4, 0.5) is 5.69 Å². The van der Waals surface area contributed by atoms with E-state index in [0.717, 1.165) is 53.4 Å². The van der Waals surface area contributed by atoms with Crippen LogP contribution in [0.25, 0.3) is 16.6 Å². The number of pyridine rings is 1. The SMILES string of the molecule is C=C(c1ccc(NSc2cccc3cccnc23)cc1)N1CCN(C)CC1. The number of hydrogen-bond acceptors (Lipinski definition) is 5. The van der Waals surface area contributed by atoms with E-state index in [-0.39, 0.29) is 0 Å². The van der Waals surface area contributed by atoms with Crippen LogP contribution in [0.1, 0.15) is 5.56 Å². The lowest BCUT2D eigenvalue weighted by Crippen LogP contribution is -2.43. The van der Waals surface area contributed by atoms with E-state index in [1.54, 1.807) is 11.9 Å². The minimum absolute atomic E-state index is 1.03. The van der Waals surface area contributed by atoms with Gasteiger partial charge in [0.2, 0.25) is 0 Å². The van der Waals surface area contributed by atoms with Gasteiger partial charge in [-0.15, -0.1) is 0 Å². The van der Waals surface area contributed by atoms with Crippen LogP contribution in [-0.4, -0.2) is 48.0 Å². The van der Waals surface area contributed by atoms with E-state index in [9.17, 15) is 0 Å². The molecule has 1 aliphatic rings. The molecule has 0 atom stereocenters. The van der Waals surface area contributed by atoms with Crippen molar-refractivity contribution in [3.63, 3.8) is 0 Å². The van der Waals surface area contributed by atoms with Crippen LogP contribution in [0.5, 0.6) is 0 Å². The number of nitrogens with zero attached hydrogens (tertiary/aromatic N) is 3. The highest BCUT2D eigenvalue weighted by atomic mass is 32.2. The third-order valence-corrected chi connectivity index (χ3v) is 5.86. The van der Waals surface area contributed by atoms with Crippen LogP contribution in [0.2, 0.25) is 0 Å². The van der Waals surface area contributed by atoms with Gasteiger partial charge in [0.05, 0.1) is 10.4 Å². The first-order chi connectivity index (χ1) is 13.2. The second kappa shape index (κ2) is 8.03. The molecule has 1 aromatic heterocycles. The number of hydrogen-bond donors (Lipinski definition) is 1. The number of piperazine rings is 1. The highest BCUT2D eigenvalue weighted by Crippen LogP contribution is 2.28. The Hall–Kier alpha value is -2.50. The number of benzene rings is 2. The quantitative estimate of drug-likeness (QED) is 0.659. The van der Waals surface area contributed by atoms with Crippen LogP contribution in [-0.2, 0) is 0 Å². The van der Waals surface area contributed by atoms with E-state index >= 15 is 0 Å². The normalized spacial score (nSPS) is 15.1. The van der Waals surface area contributed by atoms with Gasteiger partial charge in [-0.2, -0.15) is 0 Å². The number of anilines is 1. The lowest BCUT2D eigenvalue weighted by atomic mass is 10.1. The Balaban J connectivity index is 1.41. The molecule has 0 amide bonds. The topological polar surface area (TPSA) is 31.4 Å². The van der Waals surface area contributed by atoms with Gasteiger partial charge < -0.3 is 14.5 Å². The minimum Gasteiger partial charge on any atom is -0.369 e. The zero-order valence-corrected chi connectivity index (χ0v) is 16.4. The standard InChI is InChI=1S/C22H24N4S/c1-17(26-15-13-25(2)14-16-26)18-8-10-20(11-9-18)24-27-21-7-3-5-19-6-4-12-23-22(19)21/h3-12,24H,1,13-16H2,2H3. The van der Waals surface area contributed by atoms with Crippen molar-refractivity contribution in [2.75, 3.05) is 37.9 Å². The van der Waals surface area contributed by atoms with E-state index in [2.05, 4.69) is 81.7 Å². The summed E-state index contributed by atoms with van der Waals surface area (Å²) in [5, 5.41) is 1.16. The van der Waals surface area contributed by atoms with Gasteiger partial charge in [0, 0.05) is 49.1 Å². The largest absolute Gasteiger partial charge is 0.369 e. The molecule has 138 valence electrons. The smallest absolute Gasteiger partial charge is 0.0855 e. The van der Waals surface area contributed by atoms with Crippen molar-refractivity contribution in [1.29, 1.82) is 0 Å². The van der Waals surface area contributed by atoms with Crippen LogP contribution < -0.4 is 4.72 Å². The predicted octanol–water partition coefficient (Wildman–Crippen LogP) is 4.57. The maximum absolute atomic E-state index is 4.51. The molecule has 1 saturated heterocycles. The molecule has 4 nitrogen and oxygen atoms in total. The Kier molecular flexibility index (Phi) is 5.32. The molecule has 0 spiro atoms. The van der Waals surface area contributed by atoms with Gasteiger partial charge in [0.1, 0.15) is 0 Å². The minimum atomic E-state index is 1.03. The highest BCUT2D eigenvalue weighted by Gasteiger charge is 2.16. The van der Waals surface area contributed by atoms with Crippen molar-refractivity contribution in [2.45, 2.75) is 4.90 Å². The van der Waals surface area contributed by atoms with Crippen molar-refractivity contribution in [3.05, 3.63) is 72.9 Å². The average molecular weight is 377 g/mol. The Morgan fingerprint density at radius 2 is 1.74 bits per heavy atom. The Labute approximate surface area is 165 Å². The Bertz CT molecular complexity index is 925. The molecule has 2 aromatic carbocycles. The molecule has 2 heterocycles. The third-order valence-electron chi connectivity index (χ3n) is 4.98. The fraction of sp³-hybridized carbons (Fsp3) is 0.227. The number of fused-ring (bicyclic) bond motifs is 1. The molecular weight excluding hydrogens is 352 g/mol. The zero-order valence-electron chi connectivity index (χ0n) is 15.6. The number of para-hydroxylation sites is 1. The molecule has 5 heteroatoms. The van der Waals surface area contributed by atoms with Crippen molar-refractivity contribution in [3.8, 4) is 0 Å². The van der Waals surface area contributed by atoms with Crippen LogP contribution in [0.3, 0.4) is 0 Å². The monoisotopic (exact) mass is 376 g/mol. The molecule has 1 N–H and O–H groups in total. The summed E-state index contributed by atoms with van der Waals surface area (Å²) in [4.78, 5) is 10.4. The van der Waals surface area contributed by atoms with E-state index in [4.69, 9.17) is 0 Å². The summed E-state index contributed by atoms with van der Waals surface area (Å²) in [6.07, 6.45) is 1.84. The van der Waals surface area contributed by atoms with E-state index in [1.165, 1.54) is 5.56 Å². The molecule has 0 saturated carbocycles. The van der Waals surface area contributed by atoms with Gasteiger partial charge >= 0.3 is 0 Å². The molecule has 27 heavy (non-hydrogen) atoms. The van der Waals surface area contributed by atoms with Gasteiger partial charge in [-0.05, 0) is 48.8 Å². The molecule has 1 aliphatic heterocycles. The number of nitrogens with one attached hydrogen (secondary N) is 1. The fourth-order valence-corrected chi connectivity index (χ4v) is 4.04. The second-order valence-electron chi connectivity index (χ2n) is 6.85. The lowest BCUT2D eigenvalue weighted by molar-refractivity contribution is 0.207. The van der Waals surface area contributed by atoms with Gasteiger partial charge in [-0.25, -0.2) is 0 Å². The summed E-state index contributed by atoms with van der Waals surface area (Å²) in [6, 6.07) is 18.8. The summed E-state index contributed by atoms with van der Waals surface area (Å²) < 4.78 is 3.43. The first-order valence-corrected chi connectivity index (χ1v) is 10.0. The zero-order chi connectivity index (χ0) is 18.6. The second-order valence-corrected chi connectivity index (χ2v) is 7.70. The van der Waals surface area contributed by atoms with Gasteiger partial charge in [-0.1, -0.05) is 36.9 Å². The van der Waals surface area contributed by atoms with Crippen LogP contribution >= 0.6 is 11.9 Å². The third kappa shape index (κ3) is 4.10. The molecule has 0 radical (unpaired) electrons. The number of likely N-dealkylation sites (N-methyl/N-ethyl adjacent to an activating group) is 1. The van der Waals surface area contributed by atoms with Crippen LogP contribution in [0, 0.1) is 0 Å². The molecule has 4 rings (SSSR count). The highest BCUT2D eigenvalue weighted by molar-refractivity contribution is 8.00. The summed E-state index contributed by atoms with van der Waals surface area (Å²) in [7, 11) is 2.17. The molecular formula is C22H24N4S. The summed E-state index contributed by atoms with van der Waals surface area (Å²) in [6.45, 7) is 8.57. The van der Waals surface area contributed by atoms with E-state index in [1.807, 2.05) is 12.3 Å². The van der Waals surface area contributed by atoms with E-state index < -0.39 is 0 Å². The molecule has 0 aliphatic carbocycles. The van der Waals surface area contributed by atoms with Gasteiger partial charge in [0.15, 0.2) is 0 Å². The van der Waals surface area contributed by atoms with Crippen molar-refractivity contribution in [1.82, 2.24) is 14.8 Å². The Morgan fingerprint density at radius 3 is 2.52 bits per heavy atom.